The first kappa shape index (κ1) is 8.21. The minimum atomic E-state index is -0.166. The molecule has 1 N–H and O–H groups in total. The van der Waals surface area contributed by atoms with E-state index in [4.69, 9.17) is 0 Å². The Kier molecular flexibility index (Phi) is 3.05. The first-order valence-corrected chi connectivity index (χ1v) is 3.78. The molecule has 1 nitrogen and oxygen atoms in total. The molecule has 0 atom stereocenters. The molecule has 0 bridgehead atoms. The topological polar surface area (TPSA) is 12.0 Å². The Morgan fingerprint density at radius 1 is 1.55 bits per heavy atom. The highest BCUT2D eigenvalue weighted by molar-refractivity contribution is 5.15. The second-order valence-corrected chi connectivity index (χ2v) is 2.41. The Morgan fingerprint density at radius 2 is 2.36 bits per heavy atom. The second kappa shape index (κ2) is 4.09. The highest BCUT2D eigenvalue weighted by atomic mass is 19.1. The van der Waals surface area contributed by atoms with Gasteiger partial charge in [-0.05, 0) is 24.2 Å². The van der Waals surface area contributed by atoms with E-state index < -0.39 is 0 Å². The fourth-order valence-electron chi connectivity index (χ4n) is 0.916. The normalized spacial score (nSPS) is 10.0. The van der Waals surface area contributed by atoms with Gasteiger partial charge in [-0.3, -0.25) is 0 Å². The molecule has 0 spiro atoms. The average Bonchev–Trinajstić information content (AvgIpc) is 2.01. The summed E-state index contributed by atoms with van der Waals surface area (Å²) >= 11 is 0. The third-order valence-corrected chi connectivity index (χ3v) is 1.47. The fourth-order valence-corrected chi connectivity index (χ4v) is 0.916. The fraction of sp³-hybridized carbons (Fsp3) is 0.333. The van der Waals surface area contributed by atoms with Crippen molar-refractivity contribution in [2.75, 3.05) is 6.54 Å². The van der Waals surface area contributed by atoms with Crippen LogP contribution in [0.25, 0.3) is 0 Å². The molecule has 0 aliphatic carbocycles. The van der Waals surface area contributed by atoms with Crippen molar-refractivity contribution in [3.05, 3.63) is 35.6 Å². The largest absolute Gasteiger partial charge is 0.313 e. The van der Waals surface area contributed by atoms with Crippen molar-refractivity contribution in [1.29, 1.82) is 0 Å². The molecule has 62 valence electrons. The Morgan fingerprint density at radius 3 is 3.00 bits per heavy atom. The number of hydrogen-bond acceptors (Lipinski definition) is 1. The Balaban J connectivity index is 0.00000121. The zero-order valence-electron chi connectivity index (χ0n) is 6.60. The lowest BCUT2D eigenvalue weighted by Crippen LogP contribution is -2.11. The van der Waals surface area contributed by atoms with E-state index in [1.807, 2.05) is 13.0 Å². The van der Waals surface area contributed by atoms with Gasteiger partial charge < -0.3 is 5.32 Å². The lowest BCUT2D eigenvalue weighted by molar-refractivity contribution is 0.622. The van der Waals surface area contributed by atoms with Crippen LogP contribution in [0, 0.1) is 5.82 Å². The van der Waals surface area contributed by atoms with Gasteiger partial charge in [0.05, 0.1) is 0 Å². The molecule has 0 saturated carbocycles. The SMILES string of the molecule is CCNCc1cccc(F)c1.[HH]. The summed E-state index contributed by atoms with van der Waals surface area (Å²) in [6.07, 6.45) is 0. The van der Waals surface area contributed by atoms with E-state index >= 15 is 0 Å². The van der Waals surface area contributed by atoms with Gasteiger partial charge in [-0.15, -0.1) is 0 Å². The minimum Gasteiger partial charge on any atom is -0.313 e. The van der Waals surface area contributed by atoms with Gasteiger partial charge in [0.25, 0.3) is 0 Å². The molecule has 1 aromatic carbocycles. The van der Waals surface area contributed by atoms with Crippen LogP contribution in [-0.4, -0.2) is 6.54 Å². The Hall–Kier alpha value is -0.890. The minimum absolute atomic E-state index is 0. The number of hydrogen-bond donors (Lipinski definition) is 1. The van der Waals surface area contributed by atoms with Crippen molar-refractivity contribution in [3.8, 4) is 0 Å². The van der Waals surface area contributed by atoms with Crippen molar-refractivity contribution >= 4 is 0 Å². The maximum absolute atomic E-state index is 12.6. The molecule has 0 amide bonds. The summed E-state index contributed by atoms with van der Waals surface area (Å²) in [4.78, 5) is 0. The third kappa shape index (κ3) is 2.68. The predicted octanol–water partition coefficient (Wildman–Crippen LogP) is 2.18. The molecule has 1 aromatic rings. The Bertz CT molecular complexity index is 228. The van der Waals surface area contributed by atoms with E-state index in [1.54, 1.807) is 12.1 Å². The van der Waals surface area contributed by atoms with Crippen molar-refractivity contribution in [3.63, 3.8) is 0 Å². The van der Waals surface area contributed by atoms with E-state index in [0.717, 1.165) is 18.7 Å². The molecule has 0 heterocycles. The maximum atomic E-state index is 12.6. The highest BCUT2D eigenvalue weighted by Gasteiger charge is 1.92. The van der Waals surface area contributed by atoms with Gasteiger partial charge in [-0.25, -0.2) is 4.39 Å². The van der Waals surface area contributed by atoms with Gasteiger partial charge in [0.1, 0.15) is 5.82 Å². The zero-order valence-corrected chi connectivity index (χ0v) is 6.60. The molecule has 1 rings (SSSR count). The lowest BCUT2D eigenvalue weighted by atomic mass is 10.2. The van der Waals surface area contributed by atoms with Crippen LogP contribution in [0.3, 0.4) is 0 Å². The van der Waals surface area contributed by atoms with Crippen LogP contribution in [0.5, 0.6) is 0 Å². The van der Waals surface area contributed by atoms with Gasteiger partial charge in [-0.2, -0.15) is 0 Å². The van der Waals surface area contributed by atoms with Gasteiger partial charge in [0.15, 0.2) is 0 Å². The molecule has 0 radical (unpaired) electrons. The van der Waals surface area contributed by atoms with Gasteiger partial charge in [0, 0.05) is 7.97 Å². The molecule has 0 unspecified atom stereocenters. The summed E-state index contributed by atoms with van der Waals surface area (Å²) in [5.41, 5.74) is 0.992. The van der Waals surface area contributed by atoms with Crippen LogP contribution in [0.4, 0.5) is 4.39 Å². The number of rotatable bonds is 3. The van der Waals surface area contributed by atoms with Crippen molar-refractivity contribution in [2.45, 2.75) is 13.5 Å². The average molecular weight is 155 g/mol. The van der Waals surface area contributed by atoms with Crippen LogP contribution in [-0.2, 0) is 6.54 Å². The van der Waals surface area contributed by atoms with Crippen molar-refractivity contribution in [1.82, 2.24) is 5.32 Å². The smallest absolute Gasteiger partial charge is 0.123 e. The molecule has 2 heteroatoms. The number of halogens is 1. The van der Waals surface area contributed by atoms with Crippen LogP contribution in [0.1, 0.15) is 13.9 Å². The van der Waals surface area contributed by atoms with Crippen molar-refractivity contribution in [2.24, 2.45) is 0 Å². The molecule has 0 aliphatic rings. The summed E-state index contributed by atoms with van der Waals surface area (Å²) in [7, 11) is 0. The van der Waals surface area contributed by atoms with Crippen LogP contribution in [0.2, 0.25) is 0 Å². The number of benzene rings is 1. The highest BCUT2D eigenvalue weighted by Crippen LogP contribution is 2.02. The summed E-state index contributed by atoms with van der Waals surface area (Å²) in [6, 6.07) is 6.63. The standard InChI is InChI=1S/C9H12FN.H2/c1-2-11-7-8-4-3-5-9(10)6-8;/h3-6,11H,2,7H2,1H3;1H. The van der Waals surface area contributed by atoms with Crippen LogP contribution >= 0.6 is 0 Å². The van der Waals surface area contributed by atoms with E-state index in [-0.39, 0.29) is 7.24 Å². The lowest BCUT2D eigenvalue weighted by Gasteiger charge is -2.00. The Labute approximate surface area is 67.7 Å². The molecule has 11 heavy (non-hydrogen) atoms. The quantitative estimate of drug-likeness (QED) is 0.705. The summed E-state index contributed by atoms with van der Waals surface area (Å²) in [5, 5.41) is 3.13. The maximum Gasteiger partial charge on any atom is 0.123 e. The first-order chi connectivity index (χ1) is 5.33. The van der Waals surface area contributed by atoms with E-state index in [0.29, 0.717) is 0 Å². The molecule has 0 aromatic heterocycles. The van der Waals surface area contributed by atoms with Gasteiger partial charge in [-0.1, -0.05) is 19.1 Å². The molecular weight excluding hydrogens is 141 g/mol. The third-order valence-electron chi connectivity index (χ3n) is 1.47. The monoisotopic (exact) mass is 155 g/mol. The van der Waals surface area contributed by atoms with Crippen LogP contribution < -0.4 is 5.32 Å². The molecule has 0 fully saturated rings. The van der Waals surface area contributed by atoms with E-state index in [2.05, 4.69) is 5.32 Å². The van der Waals surface area contributed by atoms with E-state index in [9.17, 15) is 4.39 Å². The van der Waals surface area contributed by atoms with Crippen molar-refractivity contribution < 1.29 is 5.82 Å². The second-order valence-electron chi connectivity index (χ2n) is 2.41. The van der Waals surface area contributed by atoms with Gasteiger partial charge >= 0.3 is 0 Å². The molecular formula is C9H14FN. The zero-order chi connectivity index (χ0) is 8.10. The number of nitrogens with one attached hydrogen (secondary N) is 1. The molecule has 0 aliphatic heterocycles. The predicted molar refractivity (Wildman–Crippen MR) is 45.9 cm³/mol. The molecule has 0 saturated heterocycles. The first-order valence-electron chi connectivity index (χ1n) is 3.78. The van der Waals surface area contributed by atoms with E-state index in [1.165, 1.54) is 6.07 Å². The summed E-state index contributed by atoms with van der Waals surface area (Å²) in [6.45, 7) is 3.68. The van der Waals surface area contributed by atoms with Crippen LogP contribution in [0.15, 0.2) is 24.3 Å². The van der Waals surface area contributed by atoms with Gasteiger partial charge in [0.2, 0.25) is 0 Å². The summed E-state index contributed by atoms with van der Waals surface area (Å²) < 4.78 is 12.6. The summed E-state index contributed by atoms with van der Waals surface area (Å²) in [5.74, 6) is -0.166.